The minimum atomic E-state index is 0.453. The first-order chi connectivity index (χ1) is 9.74. The minimum Gasteiger partial charge on any atom is -0.382 e. The van der Waals surface area contributed by atoms with E-state index in [1.165, 1.54) is 12.8 Å². The van der Waals surface area contributed by atoms with Gasteiger partial charge in [-0.05, 0) is 18.9 Å². The molecule has 3 aromatic heterocycles. The van der Waals surface area contributed by atoms with Gasteiger partial charge in [0.05, 0.1) is 11.9 Å². The van der Waals surface area contributed by atoms with Gasteiger partial charge in [0.2, 0.25) is 0 Å². The van der Waals surface area contributed by atoms with Crippen molar-refractivity contribution in [2.24, 2.45) is 0 Å². The number of hydrogen-bond acceptors (Lipinski definition) is 6. The maximum absolute atomic E-state index is 6.12. The molecule has 0 aliphatic carbocycles. The summed E-state index contributed by atoms with van der Waals surface area (Å²) in [5, 5.41) is 0. The van der Waals surface area contributed by atoms with Gasteiger partial charge in [-0.1, -0.05) is 0 Å². The number of aromatic nitrogens is 4. The van der Waals surface area contributed by atoms with Gasteiger partial charge in [-0.3, -0.25) is 4.40 Å². The number of nitrogens with two attached hydrogens (primary N) is 2. The highest BCUT2D eigenvalue weighted by Crippen LogP contribution is 2.29. The Balaban J connectivity index is 2.01. The zero-order valence-electron chi connectivity index (χ0n) is 11.0. The maximum Gasteiger partial charge on any atom is 0.167 e. The molecule has 3 aromatic rings. The molecule has 4 rings (SSSR count). The van der Waals surface area contributed by atoms with Gasteiger partial charge in [-0.15, -0.1) is 0 Å². The van der Waals surface area contributed by atoms with Crippen LogP contribution in [-0.4, -0.2) is 32.4 Å². The van der Waals surface area contributed by atoms with Crippen molar-refractivity contribution in [3.05, 3.63) is 18.6 Å². The average molecular weight is 269 g/mol. The standard InChI is InChI=1S/C13H15N7/c14-11-9(19-3-1-2-4-19)5-8-13(18-11)20-7-16-6-10(20)12(15)17-8/h5-7H,1-4H2,(H2,14,18)(H2,15,17). The Morgan fingerprint density at radius 3 is 2.65 bits per heavy atom. The summed E-state index contributed by atoms with van der Waals surface area (Å²) >= 11 is 0. The molecule has 0 spiro atoms. The van der Waals surface area contributed by atoms with Gasteiger partial charge in [-0.2, -0.15) is 0 Å². The largest absolute Gasteiger partial charge is 0.382 e. The van der Waals surface area contributed by atoms with Crippen LogP contribution in [0, 0.1) is 0 Å². The molecule has 7 nitrogen and oxygen atoms in total. The van der Waals surface area contributed by atoms with Gasteiger partial charge in [0, 0.05) is 13.1 Å². The van der Waals surface area contributed by atoms with E-state index in [0.717, 1.165) is 29.8 Å². The van der Waals surface area contributed by atoms with E-state index >= 15 is 0 Å². The van der Waals surface area contributed by atoms with E-state index < -0.39 is 0 Å². The maximum atomic E-state index is 6.12. The van der Waals surface area contributed by atoms with Crippen LogP contribution in [0.5, 0.6) is 0 Å². The van der Waals surface area contributed by atoms with Crippen molar-refractivity contribution in [1.29, 1.82) is 0 Å². The molecule has 0 saturated carbocycles. The molecule has 1 aliphatic heterocycles. The van der Waals surface area contributed by atoms with Crippen molar-refractivity contribution in [2.45, 2.75) is 12.8 Å². The molecule has 102 valence electrons. The summed E-state index contributed by atoms with van der Waals surface area (Å²) in [6.07, 6.45) is 5.73. The van der Waals surface area contributed by atoms with Gasteiger partial charge < -0.3 is 16.4 Å². The molecule has 1 aliphatic rings. The Labute approximate surface area is 115 Å². The third-order valence-electron chi connectivity index (χ3n) is 3.81. The van der Waals surface area contributed by atoms with Crippen molar-refractivity contribution in [2.75, 3.05) is 29.5 Å². The molecule has 7 heteroatoms. The average Bonchev–Trinajstić information content (AvgIpc) is 3.10. The smallest absolute Gasteiger partial charge is 0.167 e. The quantitative estimate of drug-likeness (QED) is 0.685. The lowest BCUT2D eigenvalue weighted by Crippen LogP contribution is -2.20. The second kappa shape index (κ2) is 3.96. The Morgan fingerprint density at radius 1 is 1.05 bits per heavy atom. The number of anilines is 3. The lowest BCUT2D eigenvalue weighted by molar-refractivity contribution is 0.949. The van der Waals surface area contributed by atoms with Gasteiger partial charge >= 0.3 is 0 Å². The fourth-order valence-corrected chi connectivity index (χ4v) is 2.81. The molecule has 20 heavy (non-hydrogen) atoms. The van der Waals surface area contributed by atoms with E-state index in [-0.39, 0.29) is 0 Å². The van der Waals surface area contributed by atoms with Crippen LogP contribution in [0.25, 0.3) is 16.7 Å². The number of rotatable bonds is 1. The van der Waals surface area contributed by atoms with Crippen molar-refractivity contribution >= 4 is 34.0 Å². The van der Waals surface area contributed by atoms with Crippen LogP contribution in [0.2, 0.25) is 0 Å². The normalized spacial score (nSPS) is 15.5. The summed E-state index contributed by atoms with van der Waals surface area (Å²) in [5.41, 5.74) is 15.2. The fourth-order valence-electron chi connectivity index (χ4n) is 2.81. The van der Waals surface area contributed by atoms with Crippen molar-refractivity contribution in [1.82, 2.24) is 19.4 Å². The van der Waals surface area contributed by atoms with Crippen LogP contribution < -0.4 is 16.4 Å². The summed E-state index contributed by atoms with van der Waals surface area (Å²) < 4.78 is 1.82. The van der Waals surface area contributed by atoms with E-state index in [0.29, 0.717) is 17.3 Å². The lowest BCUT2D eigenvalue weighted by atomic mass is 10.3. The molecule has 0 atom stereocenters. The highest BCUT2D eigenvalue weighted by Gasteiger charge is 2.18. The van der Waals surface area contributed by atoms with Crippen LogP contribution in [0.1, 0.15) is 12.8 Å². The Bertz CT molecular complexity index is 801. The van der Waals surface area contributed by atoms with Crippen LogP contribution in [-0.2, 0) is 0 Å². The fraction of sp³-hybridized carbons (Fsp3) is 0.308. The van der Waals surface area contributed by atoms with E-state index in [1.807, 2.05) is 10.5 Å². The summed E-state index contributed by atoms with van der Waals surface area (Å²) in [4.78, 5) is 15.3. The third kappa shape index (κ3) is 1.49. The molecule has 0 amide bonds. The van der Waals surface area contributed by atoms with Crippen LogP contribution in [0.4, 0.5) is 17.3 Å². The monoisotopic (exact) mass is 269 g/mol. The Morgan fingerprint density at radius 2 is 1.85 bits per heavy atom. The zero-order chi connectivity index (χ0) is 13.7. The molecule has 0 bridgehead atoms. The summed E-state index contributed by atoms with van der Waals surface area (Å²) in [5.74, 6) is 0.981. The predicted octanol–water partition coefficient (Wildman–Crippen LogP) is 1.04. The Hall–Kier alpha value is -2.57. The molecule has 0 unspecified atom stereocenters. The van der Waals surface area contributed by atoms with E-state index in [4.69, 9.17) is 11.5 Å². The van der Waals surface area contributed by atoms with Crippen molar-refractivity contribution < 1.29 is 0 Å². The molecule has 0 radical (unpaired) electrons. The second-order valence-corrected chi connectivity index (χ2v) is 5.08. The SMILES string of the molecule is Nc1nc2c(cc1N1CCCC1)nc(N)c1cncn12. The van der Waals surface area contributed by atoms with E-state index in [2.05, 4.69) is 19.9 Å². The first kappa shape index (κ1) is 11.3. The molecule has 1 fully saturated rings. The number of fused-ring (bicyclic) bond motifs is 3. The molecular weight excluding hydrogens is 254 g/mol. The van der Waals surface area contributed by atoms with Gasteiger partial charge in [0.1, 0.15) is 29.0 Å². The molecule has 4 N–H and O–H groups in total. The van der Waals surface area contributed by atoms with Gasteiger partial charge in [0.25, 0.3) is 0 Å². The summed E-state index contributed by atoms with van der Waals surface area (Å²) in [6.45, 7) is 2.03. The van der Waals surface area contributed by atoms with Crippen LogP contribution in [0.15, 0.2) is 18.6 Å². The highest BCUT2D eigenvalue weighted by molar-refractivity contribution is 5.86. The number of imidazole rings is 1. The van der Waals surface area contributed by atoms with Gasteiger partial charge in [0.15, 0.2) is 5.65 Å². The van der Waals surface area contributed by atoms with Crippen LogP contribution in [0.3, 0.4) is 0 Å². The number of hydrogen-bond donors (Lipinski definition) is 2. The van der Waals surface area contributed by atoms with E-state index in [1.54, 1.807) is 12.5 Å². The predicted molar refractivity (Wildman–Crippen MR) is 78.6 cm³/mol. The zero-order valence-corrected chi connectivity index (χ0v) is 11.0. The molecular formula is C13H15N7. The molecule has 1 saturated heterocycles. The third-order valence-corrected chi connectivity index (χ3v) is 3.81. The molecule has 0 aromatic carbocycles. The number of nitrogens with zero attached hydrogens (tertiary/aromatic N) is 5. The second-order valence-electron chi connectivity index (χ2n) is 5.08. The van der Waals surface area contributed by atoms with E-state index in [9.17, 15) is 0 Å². The van der Waals surface area contributed by atoms with Crippen molar-refractivity contribution in [3.63, 3.8) is 0 Å². The lowest BCUT2D eigenvalue weighted by Gasteiger charge is -2.19. The van der Waals surface area contributed by atoms with Crippen molar-refractivity contribution in [3.8, 4) is 0 Å². The first-order valence-corrected chi connectivity index (χ1v) is 6.67. The first-order valence-electron chi connectivity index (χ1n) is 6.67. The summed E-state index contributed by atoms with van der Waals surface area (Å²) in [7, 11) is 0. The molecule has 4 heterocycles. The summed E-state index contributed by atoms with van der Waals surface area (Å²) in [6, 6.07) is 1.97. The van der Waals surface area contributed by atoms with Gasteiger partial charge in [-0.25, -0.2) is 15.0 Å². The Kier molecular flexibility index (Phi) is 2.23. The highest BCUT2D eigenvalue weighted by atomic mass is 15.2. The van der Waals surface area contributed by atoms with Crippen LogP contribution >= 0.6 is 0 Å². The number of nitrogen functional groups attached to an aromatic ring is 2. The minimum absolute atomic E-state index is 0.453. The number of pyridine rings is 1. The topological polar surface area (TPSA) is 98.4 Å².